The first-order valence-electron chi connectivity index (χ1n) is 9.37. The van der Waals surface area contributed by atoms with Crippen LogP contribution in [-0.4, -0.2) is 56.0 Å². The Morgan fingerprint density at radius 1 is 1.26 bits per heavy atom. The minimum atomic E-state index is -0.194. The summed E-state index contributed by atoms with van der Waals surface area (Å²) < 4.78 is 16.6. The van der Waals surface area contributed by atoms with Crippen molar-refractivity contribution in [3.05, 3.63) is 28.7 Å². The van der Waals surface area contributed by atoms with E-state index in [1.807, 2.05) is 24.3 Å². The summed E-state index contributed by atoms with van der Waals surface area (Å²) in [5.41, 5.74) is 0.891. The lowest BCUT2D eigenvalue weighted by atomic mass is 10.2. The number of unbranched alkanes of at least 4 members (excludes halogenated alkanes) is 2. The topological polar surface area (TPSA) is 60.4 Å². The molecule has 2 aliphatic rings. The quantitative estimate of drug-likeness (QED) is 0.524. The van der Waals surface area contributed by atoms with E-state index in [-0.39, 0.29) is 5.91 Å². The van der Waals surface area contributed by atoms with Crippen LogP contribution in [0, 0.1) is 0 Å². The van der Waals surface area contributed by atoms with E-state index in [4.69, 9.17) is 14.2 Å². The van der Waals surface area contributed by atoms with Crippen LogP contribution in [0.2, 0.25) is 0 Å². The highest BCUT2D eigenvalue weighted by molar-refractivity contribution is 8.18. The number of carbonyl (C=O) groups is 1. The summed E-state index contributed by atoms with van der Waals surface area (Å²) in [6.45, 7) is 5.72. The number of hydrogen-bond donors (Lipinski definition) is 0. The molecule has 0 saturated carbocycles. The maximum absolute atomic E-state index is 12.3. The molecule has 7 heteroatoms. The molecule has 3 rings (SSSR count). The third kappa shape index (κ3) is 5.26. The zero-order chi connectivity index (χ0) is 19.1. The maximum atomic E-state index is 12.3. The molecule has 2 heterocycles. The van der Waals surface area contributed by atoms with Crippen molar-refractivity contribution in [2.24, 2.45) is 4.99 Å². The van der Waals surface area contributed by atoms with Crippen LogP contribution in [0.1, 0.15) is 31.7 Å². The Morgan fingerprint density at radius 3 is 2.81 bits per heavy atom. The van der Waals surface area contributed by atoms with Gasteiger partial charge in [-0.3, -0.25) is 4.79 Å². The van der Waals surface area contributed by atoms with Crippen molar-refractivity contribution in [1.29, 1.82) is 0 Å². The predicted octanol–water partition coefficient (Wildman–Crippen LogP) is 3.57. The van der Waals surface area contributed by atoms with Gasteiger partial charge >= 0.3 is 0 Å². The van der Waals surface area contributed by atoms with Crippen LogP contribution in [0.3, 0.4) is 0 Å². The minimum Gasteiger partial charge on any atom is -0.493 e. The fourth-order valence-corrected chi connectivity index (χ4v) is 3.83. The number of hydrogen-bond acceptors (Lipinski definition) is 6. The number of nitrogens with zero attached hydrogens (tertiary/aromatic N) is 2. The number of benzene rings is 1. The standard InChI is InChI=1S/C20H26N2O4S/c1-3-4-5-10-26-16-7-6-15(13-17(16)24-2)14-18-19(23)21-20(27-18)22-8-11-25-12-9-22/h6-7,13-14H,3-5,8-12H2,1-2H3/b18-14-. The summed E-state index contributed by atoms with van der Waals surface area (Å²) in [6.07, 6.45) is 5.19. The van der Waals surface area contributed by atoms with E-state index in [1.165, 1.54) is 11.8 Å². The van der Waals surface area contributed by atoms with Gasteiger partial charge in [-0.1, -0.05) is 25.8 Å². The first-order chi connectivity index (χ1) is 13.2. The average Bonchev–Trinajstić information content (AvgIpc) is 3.07. The molecule has 6 nitrogen and oxygen atoms in total. The molecule has 0 radical (unpaired) electrons. The first-order valence-corrected chi connectivity index (χ1v) is 10.2. The molecule has 0 atom stereocenters. The molecule has 1 aromatic carbocycles. The zero-order valence-electron chi connectivity index (χ0n) is 15.9. The van der Waals surface area contributed by atoms with Gasteiger partial charge in [0.25, 0.3) is 5.91 Å². The van der Waals surface area contributed by atoms with Crippen LogP contribution in [0.4, 0.5) is 0 Å². The van der Waals surface area contributed by atoms with E-state index in [9.17, 15) is 4.79 Å². The van der Waals surface area contributed by atoms with Crippen LogP contribution in [0.5, 0.6) is 11.5 Å². The zero-order valence-corrected chi connectivity index (χ0v) is 16.7. The smallest absolute Gasteiger partial charge is 0.286 e. The van der Waals surface area contributed by atoms with Crippen LogP contribution >= 0.6 is 11.8 Å². The van der Waals surface area contributed by atoms with Crippen molar-refractivity contribution in [3.8, 4) is 11.5 Å². The van der Waals surface area contributed by atoms with E-state index in [2.05, 4.69) is 16.8 Å². The summed E-state index contributed by atoms with van der Waals surface area (Å²) in [5, 5.41) is 0.761. The van der Waals surface area contributed by atoms with E-state index >= 15 is 0 Å². The van der Waals surface area contributed by atoms with Crippen LogP contribution in [0.15, 0.2) is 28.1 Å². The second kappa shape index (κ2) is 9.80. The molecule has 146 valence electrons. The van der Waals surface area contributed by atoms with Gasteiger partial charge in [-0.2, -0.15) is 4.99 Å². The molecule has 1 fully saturated rings. The van der Waals surface area contributed by atoms with Crippen molar-refractivity contribution in [3.63, 3.8) is 0 Å². The van der Waals surface area contributed by atoms with Gasteiger partial charge in [-0.15, -0.1) is 0 Å². The maximum Gasteiger partial charge on any atom is 0.286 e. The number of morpholine rings is 1. The molecule has 1 saturated heterocycles. The van der Waals surface area contributed by atoms with Crippen molar-refractivity contribution in [2.75, 3.05) is 40.0 Å². The summed E-state index contributed by atoms with van der Waals surface area (Å²) in [5.74, 6) is 1.21. The van der Waals surface area contributed by atoms with Crippen LogP contribution in [-0.2, 0) is 9.53 Å². The number of carbonyl (C=O) groups excluding carboxylic acids is 1. The molecule has 27 heavy (non-hydrogen) atoms. The fraction of sp³-hybridized carbons (Fsp3) is 0.500. The van der Waals surface area contributed by atoms with Gasteiger partial charge in [0.15, 0.2) is 16.7 Å². The monoisotopic (exact) mass is 390 g/mol. The lowest BCUT2D eigenvalue weighted by Gasteiger charge is -2.27. The number of aliphatic imine (C=N–C) groups is 1. The van der Waals surface area contributed by atoms with Crippen molar-refractivity contribution >= 4 is 28.9 Å². The molecule has 0 aliphatic carbocycles. The van der Waals surface area contributed by atoms with Gasteiger partial charge in [0.2, 0.25) is 0 Å². The summed E-state index contributed by atoms with van der Waals surface area (Å²) in [7, 11) is 1.63. The molecule has 1 amide bonds. The van der Waals surface area contributed by atoms with E-state index in [0.717, 1.165) is 48.8 Å². The molecule has 2 aliphatic heterocycles. The lowest BCUT2D eigenvalue weighted by molar-refractivity contribution is -0.113. The van der Waals surface area contributed by atoms with Gasteiger partial charge in [0.05, 0.1) is 31.8 Å². The van der Waals surface area contributed by atoms with Crippen molar-refractivity contribution in [1.82, 2.24) is 4.90 Å². The molecular weight excluding hydrogens is 364 g/mol. The van der Waals surface area contributed by atoms with E-state index < -0.39 is 0 Å². The van der Waals surface area contributed by atoms with E-state index in [0.29, 0.717) is 30.5 Å². The number of methoxy groups -OCH3 is 1. The summed E-state index contributed by atoms with van der Waals surface area (Å²) in [6, 6.07) is 5.72. The number of amidine groups is 1. The van der Waals surface area contributed by atoms with Crippen molar-refractivity contribution < 1.29 is 19.0 Å². The molecular formula is C20H26N2O4S. The Hall–Kier alpha value is -1.99. The summed E-state index contributed by atoms with van der Waals surface area (Å²) in [4.78, 5) is 19.2. The molecule has 1 aromatic rings. The Bertz CT molecular complexity index is 727. The highest BCUT2D eigenvalue weighted by atomic mass is 32.2. The van der Waals surface area contributed by atoms with Crippen LogP contribution in [0.25, 0.3) is 6.08 Å². The Kier molecular flexibility index (Phi) is 7.18. The predicted molar refractivity (Wildman–Crippen MR) is 108 cm³/mol. The van der Waals surface area contributed by atoms with Gasteiger partial charge < -0.3 is 19.1 Å². The first kappa shape index (κ1) is 19.8. The number of amides is 1. The Morgan fingerprint density at radius 2 is 2.07 bits per heavy atom. The lowest BCUT2D eigenvalue weighted by Crippen LogP contribution is -2.38. The van der Waals surface area contributed by atoms with Gasteiger partial charge in [0, 0.05) is 13.1 Å². The average molecular weight is 391 g/mol. The Balaban J connectivity index is 1.66. The third-order valence-electron chi connectivity index (χ3n) is 4.38. The summed E-state index contributed by atoms with van der Waals surface area (Å²) >= 11 is 1.42. The van der Waals surface area contributed by atoms with E-state index in [1.54, 1.807) is 7.11 Å². The molecule has 0 unspecified atom stereocenters. The molecule has 0 N–H and O–H groups in total. The van der Waals surface area contributed by atoms with Gasteiger partial charge in [-0.25, -0.2) is 0 Å². The Labute approximate surface area is 164 Å². The minimum absolute atomic E-state index is 0.194. The fourth-order valence-electron chi connectivity index (χ4n) is 2.87. The van der Waals surface area contributed by atoms with Gasteiger partial charge in [0.1, 0.15) is 0 Å². The highest BCUT2D eigenvalue weighted by Crippen LogP contribution is 2.33. The number of ether oxygens (including phenoxy) is 3. The van der Waals surface area contributed by atoms with Crippen molar-refractivity contribution in [2.45, 2.75) is 26.2 Å². The molecule has 0 aromatic heterocycles. The number of thioether (sulfide) groups is 1. The normalized spacial score (nSPS) is 18.7. The second-order valence-electron chi connectivity index (χ2n) is 6.38. The largest absolute Gasteiger partial charge is 0.493 e. The van der Waals surface area contributed by atoms with Crippen LogP contribution < -0.4 is 9.47 Å². The molecule has 0 bridgehead atoms. The highest BCUT2D eigenvalue weighted by Gasteiger charge is 2.27. The number of rotatable bonds is 7. The second-order valence-corrected chi connectivity index (χ2v) is 7.38. The molecule has 0 spiro atoms. The SMILES string of the molecule is CCCCCOc1ccc(/C=C2\SC(N3CCOCC3)=NC2=O)cc1OC. The third-order valence-corrected chi connectivity index (χ3v) is 5.43. The van der Waals surface area contributed by atoms with Gasteiger partial charge in [-0.05, 0) is 42.0 Å².